The molecule has 1 amide bonds. The van der Waals surface area contributed by atoms with E-state index in [4.69, 9.17) is 11.6 Å². The average Bonchev–Trinajstić information content (AvgIpc) is 3.06. The van der Waals surface area contributed by atoms with Crippen LogP contribution in [0.4, 0.5) is 5.69 Å². The van der Waals surface area contributed by atoms with Crippen LogP contribution in [0.25, 0.3) is 16.5 Å². The van der Waals surface area contributed by atoms with Crippen LogP contribution in [0.15, 0.2) is 54.7 Å². The number of nitrogens with one attached hydrogen (secondary N) is 2. The molecule has 1 aliphatic heterocycles. The molecule has 3 aromatic rings. The number of carbonyl (C=O) groups is 1. The number of benzene rings is 2. The Morgan fingerprint density at radius 1 is 1.19 bits per heavy atom. The highest BCUT2D eigenvalue weighted by atomic mass is 35.5. The first-order chi connectivity index (χ1) is 12.6. The standard InChI is InChI=1S/C21H20ClN3O/c1-25-10-8-14(9-11-25)19-13-23-20-7-6-17(12-18(19)20)24-21(26)15-2-4-16(22)5-3-15/h2-8,12-13,23H,9-11H2,1H3,(H,24,26). The van der Waals surface area contributed by atoms with E-state index in [0.29, 0.717) is 10.6 Å². The van der Waals surface area contributed by atoms with Crippen molar-refractivity contribution in [2.45, 2.75) is 6.42 Å². The lowest BCUT2D eigenvalue weighted by atomic mass is 9.99. The van der Waals surface area contributed by atoms with Gasteiger partial charge in [0.1, 0.15) is 0 Å². The molecule has 2 heterocycles. The topological polar surface area (TPSA) is 48.1 Å². The van der Waals surface area contributed by atoms with E-state index in [9.17, 15) is 4.79 Å². The zero-order chi connectivity index (χ0) is 18.1. The Kier molecular flexibility index (Phi) is 4.53. The largest absolute Gasteiger partial charge is 0.361 e. The van der Waals surface area contributed by atoms with Gasteiger partial charge in [0.25, 0.3) is 5.91 Å². The second-order valence-electron chi connectivity index (χ2n) is 6.67. The first-order valence-corrected chi connectivity index (χ1v) is 9.04. The molecule has 0 saturated carbocycles. The molecule has 0 unspecified atom stereocenters. The lowest BCUT2D eigenvalue weighted by molar-refractivity contribution is 0.102. The Morgan fingerprint density at radius 3 is 2.73 bits per heavy atom. The second kappa shape index (κ2) is 6.98. The number of H-pyrrole nitrogens is 1. The zero-order valence-electron chi connectivity index (χ0n) is 14.6. The van der Waals surface area contributed by atoms with Gasteiger partial charge in [-0.1, -0.05) is 17.7 Å². The number of likely N-dealkylation sites (N-methyl/N-ethyl adjacent to an activating group) is 1. The number of rotatable bonds is 3. The van der Waals surface area contributed by atoms with Crippen LogP contribution in [0.3, 0.4) is 0 Å². The van der Waals surface area contributed by atoms with E-state index in [2.05, 4.69) is 34.5 Å². The second-order valence-corrected chi connectivity index (χ2v) is 7.10. The Labute approximate surface area is 157 Å². The summed E-state index contributed by atoms with van der Waals surface area (Å²) in [6.45, 7) is 2.03. The molecule has 26 heavy (non-hydrogen) atoms. The molecular weight excluding hydrogens is 346 g/mol. The summed E-state index contributed by atoms with van der Waals surface area (Å²) in [5, 5.41) is 4.72. The molecule has 0 spiro atoms. The van der Waals surface area contributed by atoms with Gasteiger partial charge in [-0.05, 0) is 61.5 Å². The van der Waals surface area contributed by atoms with Gasteiger partial charge in [-0.25, -0.2) is 0 Å². The number of hydrogen-bond donors (Lipinski definition) is 2. The molecule has 0 radical (unpaired) electrons. The van der Waals surface area contributed by atoms with Crippen molar-refractivity contribution in [1.82, 2.24) is 9.88 Å². The summed E-state index contributed by atoms with van der Waals surface area (Å²) in [5.74, 6) is -0.142. The number of aromatic amines is 1. The maximum Gasteiger partial charge on any atom is 0.255 e. The van der Waals surface area contributed by atoms with E-state index in [0.717, 1.165) is 36.1 Å². The molecule has 0 saturated heterocycles. The lowest BCUT2D eigenvalue weighted by Gasteiger charge is -2.21. The zero-order valence-corrected chi connectivity index (χ0v) is 15.3. The SMILES string of the molecule is CN1CC=C(c2c[nH]c3ccc(NC(=O)c4ccc(Cl)cc4)cc23)CC1. The predicted molar refractivity (Wildman–Crippen MR) is 108 cm³/mol. The first kappa shape index (κ1) is 16.9. The van der Waals surface area contributed by atoms with Crippen LogP contribution in [-0.2, 0) is 0 Å². The van der Waals surface area contributed by atoms with E-state index in [1.807, 2.05) is 18.2 Å². The summed E-state index contributed by atoms with van der Waals surface area (Å²) in [4.78, 5) is 18.1. The number of carbonyl (C=O) groups excluding carboxylic acids is 1. The van der Waals surface area contributed by atoms with E-state index in [1.165, 1.54) is 11.1 Å². The molecule has 0 aliphatic carbocycles. The van der Waals surface area contributed by atoms with Gasteiger partial charge in [-0.15, -0.1) is 0 Å². The fourth-order valence-electron chi connectivity index (χ4n) is 3.28. The molecule has 0 atom stereocenters. The summed E-state index contributed by atoms with van der Waals surface area (Å²) >= 11 is 5.89. The van der Waals surface area contributed by atoms with Crippen molar-refractivity contribution in [2.24, 2.45) is 0 Å². The molecule has 4 rings (SSSR count). The quantitative estimate of drug-likeness (QED) is 0.700. The summed E-state index contributed by atoms with van der Waals surface area (Å²) in [5.41, 5.74) is 5.02. The van der Waals surface area contributed by atoms with E-state index >= 15 is 0 Å². The van der Waals surface area contributed by atoms with Gasteiger partial charge >= 0.3 is 0 Å². The molecule has 0 fully saturated rings. The van der Waals surface area contributed by atoms with Gasteiger partial charge in [0.15, 0.2) is 0 Å². The third-order valence-electron chi connectivity index (χ3n) is 4.80. The number of hydrogen-bond acceptors (Lipinski definition) is 2. The molecule has 2 aromatic carbocycles. The minimum atomic E-state index is -0.142. The van der Waals surface area contributed by atoms with Crippen molar-refractivity contribution >= 4 is 39.7 Å². The van der Waals surface area contributed by atoms with Crippen LogP contribution in [-0.4, -0.2) is 35.9 Å². The van der Waals surface area contributed by atoms with E-state index in [1.54, 1.807) is 24.3 Å². The molecule has 4 nitrogen and oxygen atoms in total. The van der Waals surface area contributed by atoms with E-state index < -0.39 is 0 Å². The molecule has 1 aliphatic rings. The number of nitrogens with zero attached hydrogens (tertiary/aromatic N) is 1. The third-order valence-corrected chi connectivity index (χ3v) is 5.06. The first-order valence-electron chi connectivity index (χ1n) is 8.66. The Morgan fingerprint density at radius 2 is 2.00 bits per heavy atom. The summed E-state index contributed by atoms with van der Waals surface area (Å²) in [6, 6.07) is 12.8. The van der Waals surface area contributed by atoms with Crippen LogP contribution in [0.1, 0.15) is 22.3 Å². The van der Waals surface area contributed by atoms with Crippen molar-refractivity contribution in [3.63, 3.8) is 0 Å². The molecule has 0 bridgehead atoms. The molecule has 2 N–H and O–H groups in total. The van der Waals surface area contributed by atoms with Crippen LogP contribution in [0, 0.1) is 0 Å². The maximum atomic E-state index is 12.4. The van der Waals surface area contributed by atoms with Gasteiger partial charge in [0.05, 0.1) is 0 Å². The minimum Gasteiger partial charge on any atom is -0.361 e. The number of halogens is 1. The van der Waals surface area contributed by atoms with Crippen molar-refractivity contribution < 1.29 is 4.79 Å². The molecule has 132 valence electrons. The number of fused-ring (bicyclic) bond motifs is 1. The van der Waals surface area contributed by atoms with Gasteiger partial charge in [0.2, 0.25) is 0 Å². The molecule has 1 aromatic heterocycles. The Balaban J connectivity index is 1.62. The normalized spacial score (nSPS) is 15.1. The van der Waals surface area contributed by atoms with Crippen molar-refractivity contribution in [2.75, 3.05) is 25.5 Å². The average molecular weight is 366 g/mol. The van der Waals surface area contributed by atoms with Gasteiger partial charge < -0.3 is 15.2 Å². The Bertz CT molecular complexity index is 988. The smallest absolute Gasteiger partial charge is 0.255 e. The minimum absolute atomic E-state index is 0.142. The highest BCUT2D eigenvalue weighted by Gasteiger charge is 2.14. The highest BCUT2D eigenvalue weighted by Crippen LogP contribution is 2.30. The van der Waals surface area contributed by atoms with Crippen molar-refractivity contribution in [1.29, 1.82) is 0 Å². The lowest BCUT2D eigenvalue weighted by Crippen LogP contribution is -2.23. The summed E-state index contributed by atoms with van der Waals surface area (Å²) < 4.78 is 0. The highest BCUT2D eigenvalue weighted by molar-refractivity contribution is 6.30. The van der Waals surface area contributed by atoms with Crippen LogP contribution < -0.4 is 5.32 Å². The van der Waals surface area contributed by atoms with Crippen LogP contribution >= 0.6 is 11.6 Å². The maximum absolute atomic E-state index is 12.4. The van der Waals surface area contributed by atoms with Gasteiger partial charge in [-0.2, -0.15) is 0 Å². The van der Waals surface area contributed by atoms with Crippen LogP contribution in [0.2, 0.25) is 5.02 Å². The fraction of sp³-hybridized carbons (Fsp3) is 0.190. The Hall–Kier alpha value is -2.56. The summed E-state index contributed by atoms with van der Waals surface area (Å²) in [6.07, 6.45) is 5.38. The number of anilines is 1. The predicted octanol–water partition coefficient (Wildman–Crippen LogP) is 4.79. The van der Waals surface area contributed by atoms with Gasteiger partial charge in [-0.3, -0.25) is 4.79 Å². The third kappa shape index (κ3) is 3.39. The van der Waals surface area contributed by atoms with Crippen LogP contribution in [0.5, 0.6) is 0 Å². The number of amides is 1. The fourth-order valence-corrected chi connectivity index (χ4v) is 3.41. The van der Waals surface area contributed by atoms with Gasteiger partial charge in [0, 0.05) is 52.0 Å². The number of aromatic nitrogens is 1. The van der Waals surface area contributed by atoms with Crippen molar-refractivity contribution in [3.8, 4) is 0 Å². The molecule has 5 heteroatoms. The molecular formula is C21H20ClN3O. The monoisotopic (exact) mass is 365 g/mol. The summed E-state index contributed by atoms with van der Waals surface area (Å²) in [7, 11) is 2.13. The van der Waals surface area contributed by atoms with Crippen molar-refractivity contribution in [3.05, 3.63) is 70.9 Å². The van der Waals surface area contributed by atoms with E-state index in [-0.39, 0.29) is 5.91 Å².